The van der Waals surface area contributed by atoms with E-state index in [0.29, 0.717) is 10.4 Å². The molecule has 0 aliphatic heterocycles. The van der Waals surface area contributed by atoms with Gasteiger partial charge < -0.3 is 0 Å². The van der Waals surface area contributed by atoms with Crippen LogP contribution in [0.25, 0.3) is 31.3 Å². The molecule has 0 aliphatic rings. The molecule has 1 heterocycles. The Hall–Kier alpha value is -1.90. The van der Waals surface area contributed by atoms with E-state index in [0.717, 1.165) is 37.1 Å². The Kier molecular flexibility index (Phi) is 3.67. The van der Waals surface area contributed by atoms with E-state index in [9.17, 15) is 4.79 Å². The van der Waals surface area contributed by atoms with Gasteiger partial charge in [0.05, 0.1) is 0 Å². The second-order valence-corrected chi connectivity index (χ2v) is 7.02. The van der Waals surface area contributed by atoms with Gasteiger partial charge in [-0.05, 0) is 54.8 Å². The summed E-state index contributed by atoms with van der Waals surface area (Å²) in [6, 6.07) is 9.55. The summed E-state index contributed by atoms with van der Waals surface area (Å²) < 4.78 is 1.90. The Bertz CT molecular complexity index is 1010. The van der Waals surface area contributed by atoms with Crippen LogP contribution >= 0.6 is 22.9 Å². The minimum absolute atomic E-state index is 0.0205. The number of hydrogen-bond acceptors (Lipinski definition) is 2. The molecule has 0 saturated heterocycles. The minimum atomic E-state index is 0.0205. The summed E-state index contributed by atoms with van der Waals surface area (Å²) in [5, 5.41) is 1.96. The molecular weight excluding hydrogens is 312 g/mol. The fraction of sp³-hybridized carbons (Fsp3) is 0.105. The molecule has 3 aromatic rings. The van der Waals surface area contributed by atoms with E-state index in [4.69, 9.17) is 11.6 Å². The predicted octanol–water partition coefficient (Wildman–Crippen LogP) is 6.13. The average Bonchev–Trinajstić information content (AvgIpc) is 2.47. The quantitative estimate of drug-likeness (QED) is 0.517. The highest BCUT2D eigenvalue weighted by atomic mass is 35.5. The van der Waals surface area contributed by atoms with E-state index in [1.807, 2.05) is 38.1 Å². The number of halogens is 1. The lowest BCUT2D eigenvalue weighted by molar-refractivity contribution is 1.61. The summed E-state index contributed by atoms with van der Waals surface area (Å²) in [5.41, 5.74) is 3.84. The third-order valence-electron chi connectivity index (χ3n) is 3.71. The third-order valence-corrected chi connectivity index (χ3v) is 5.14. The van der Waals surface area contributed by atoms with Crippen molar-refractivity contribution in [1.82, 2.24) is 0 Å². The molecule has 2 aromatic carbocycles. The van der Waals surface area contributed by atoms with Gasteiger partial charge in [-0.15, -0.1) is 11.3 Å². The van der Waals surface area contributed by atoms with E-state index in [1.54, 1.807) is 17.4 Å². The van der Waals surface area contributed by atoms with Crippen LogP contribution in [0.15, 0.2) is 48.3 Å². The maximum Gasteiger partial charge on any atom is 0.195 e. The second-order valence-electron chi connectivity index (χ2n) is 5.53. The predicted molar refractivity (Wildman–Crippen MR) is 100 cm³/mol. The zero-order chi connectivity index (χ0) is 16.0. The molecule has 0 aliphatic carbocycles. The Morgan fingerprint density at radius 3 is 2.32 bits per heavy atom. The Labute approximate surface area is 138 Å². The van der Waals surface area contributed by atoms with Gasteiger partial charge in [-0.3, -0.25) is 4.79 Å². The summed E-state index contributed by atoms with van der Waals surface area (Å²) in [4.78, 5) is 12.7. The van der Waals surface area contributed by atoms with Gasteiger partial charge in [-0.1, -0.05) is 36.4 Å². The smallest absolute Gasteiger partial charge is 0.195 e. The summed E-state index contributed by atoms with van der Waals surface area (Å²) in [6.07, 6.45) is 0. The number of fused-ring (bicyclic) bond motifs is 2. The monoisotopic (exact) mass is 326 g/mol. The molecule has 1 nitrogen and oxygen atoms in total. The van der Waals surface area contributed by atoms with Gasteiger partial charge in [-0.2, -0.15) is 0 Å². The molecule has 3 rings (SSSR count). The third kappa shape index (κ3) is 2.39. The Balaban J connectivity index is 2.44. The van der Waals surface area contributed by atoms with E-state index in [1.165, 1.54) is 0 Å². The summed E-state index contributed by atoms with van der Waals surface area (Å²) in [5.74, 6) is 0. The van der Waals surface area contributed by atoms with Gasteiger partial charge in [0.25, 0.3) is 0 Å². The molecule has 0 radical (unpaired) electrons. The molecule has 0 saturated carbocycles. The van der Waals surface area contributed by atoms with Crippen LogP contribution in [0, 0.1) is 0 Å². The number of benzene rings is 2. The highest BCUT2D eigenvalue weighted by Crippen LogP contribution is 2.32. The van der Waals surface area contributed by atoms with E-state index < -0.39 is 0 Å². The van der Waals surface area contributed by atoms with Crippen molar-refractivity contribution >= 4 is 54.3 Å². The molecule has 0 atom stereocenters. The van der Waals surface area contributed by atoms with Crippen LogP contribution in [0.4, 0.5) is 0 Å². The standard InChI is InChI=1S/C19H15ClOS/c1-10(2)12-5-6-13-17(7-12)22-18-9-14(11(3)4)16(20)8-15(18)19(13)21/h5-9H,1,3H2,2,4H3. The van der Waals surface area contributed by atoms with Crippen molar-refractivity contribution in [3.8, 4) is 0 Å². The molecule has 0 amide bonds. The van der Waals surface area contributed by atoms with Crippen molar-refractivity contribution in [2.75, 3.05) is 0 Å². The van der Waals surface area contributed by atoms with Gasteiger partial charge in [0, 0.05) is 25.2 Å². The SMILES string of the molecule is C=C(C)c1ccc2c(=O)c3cc(Cl)c(C(=C)C)cc3sc2c1. The van der Waals surface area contributed by atoms with Gasteiger partial charge in [-0.25, -0.2) is 0 Å². The summed E-state index contributed by atoms with van der Waals surface area (Å²) in [6.45, 7) is 11.8. The first-order chi connectivity index (χ1) is 10.4. The largest absolute Gasteiger partial charge is 0.289 e. The molecule has 1 aromatic heterocycles. The van der Waals surface area contributed by atoms with Crippen LogP contribution in [0.3, 0.4) is 0 Å². The van der Waals surface area contributed by atoms with Gasteiger partial charge in [0.15, 0.2) is 5.43 Å². The fourth-order valence-corrected chi connectivity index (χ4v) is 3.92. The first-order valence-corrected chi connectivity index (χ1v) is 8.10. The van der Waals surface area contributed by atoms with Crippen LogP contribution in [-0.2, 0) is 0 Å². The summed E-state index contributed by atoms with van der Waals surface area (Å²) in [7, 11) is 0. The molecule has 0 spiro atoms. The van der Waals surface area contributed by atoms with Crippen LogP contribution in [0.2, 0.25) is 5.02 Å². The Morgan fingerprint density at radius 2 is 1.68 bits per heavy atom. The molecule has 0 N–H and O–H groups in total. The average molecular weight is 327 g/mol. The molecule has 0 bridgehead atoms. The molecule has 110 valence electrons. The molecule has 0 unspecified atom stereocenters. The minimum Gasteiger partial charge on any atom is -0.289 e. The van der Waals surface area contributed by atoms with Crippen molar-refractivity contribution in [1.29, 1.82) is 0 Å². The number of rotatable bonds is 2. The first kappa shape index (κ1) is 15.0. The van der Waals surface area contributed by atoms with Crippen molar-refractivity contribution in [3.63, 3.8) is 0 Å². The topological polar surface area (TPSA) is 17.1 Å². The first-order valence-electron chi connectivity index (χ1n) is 6.90. The van der Waals surface area contributed by atoms with Crippen LogP contribution < -0.4 is 5.43 Å². The normalized spacial score (nSPS) is 11.0. The van der Waals surface area contributed by atoms with Crippen molar-refractivity contribution in [2.24, 2.45) is 0 Å². The molecule has 0 fully saturated rings. The highest BCUT2D eigenvalue weighted by Gasteiger charge is 2.11. The van der Waals surface area contributed by atoms with Gasteiger partial charge in [0.2, 0.25) is 0 Å². The van der Waals surface area contributed by atoms with E-state index in [-0.39, 0.29) is 5.43 Å². The highest BCUT2D eigenvalue weighted by molar-refractivity contribution is 7.24. The molecule has 3 heteroatoms. The van der Waals surface area contributed by atoms with E-state index in [2.05, 4.69) is 13.2 Å². The van der Waals surface area contributed by atoms with Crippen LogP contribution in [0.1, 0.15) is 25.0 Å². The fourth-order valence-electron chi connectivity index (χ4n) is 2.47. The lowest BCUT2D eigenvalue weighted by Gasteiger charge is -2.08. The summed E-state index contributed by atoms with van der Waals surface area (Å²) >= 11 is 7.88. The molecular formula is C19H15ClOS. The maximum absolute atomic E-state index is 12.7. The lowest BCUT2D eigenvalue weighted by atomic mass is 10.1. The van der Waals surface area contributed by atoms with Gasteiger partial charge >= 0.3 is 0 Å². The van der Waals surface area contributed by atoms with Crippen LogP contribution in [-0.4, -0.2) is 0 Å². The Morgan fingerprint density at radius 1 is 1.00 bits per heavy atom. The lowest BCUT2D eigenvalue weighted by Crippen LogP contribution is -2.01. The molecule has 22 heavy (non-hydrogen) atoms. The zero-order valence-corrected chi connectivity index (χ0v) is 14.1. The number of hydrogen-bond donors (Lipinski definition) is 0. The maximum atomic E-state index is 12.7. The van der Waals surface area contributed by atoms with Gasteiger partial charge in [0.1, 0.15) is 0 Å². The number of allylic oxidation sites excluding steroid dienone is 2. The van der Waals surface area contributed by atoms with Crippen LogP contribution in [0.5, 0.6) is 0 Å². The zero-order valence-electron chi connectivity index (χ0n) is 12.5. The second kappa shape index (κ2) is 5.38. The van der Waals surface area contributed by atoms with Crippen molar-refractivity contribution < 1.29 is 0 Å². The van der Waals surface area contributed by atoms with Crippen molar-refractivity contribution in [2.45, 2.75) is 13.8 Å². The van der Waals surface area contributed by atoms with Crippen molar-refractivity contribution in [3.05, 3.63) is 69.9 Å². The van der Waals surface area contributed by atoms with E-state index >= 15 is 0 Å².